The van der Waals surface area contributed by atoms with Crippen LogP contribution in [0.3, 0.4) is 0 Å². The lowest BCUT2D eigenvalue weighted by molar-refractivity contribution is 0.361. The van der Waals surface area contributed by atoms with Crippen LogP contribution in [0.5, 0.6) is 0 Å². The smallest absolute Gasteiger partial charge is 0.0940 e. The van der Waals surface area contributed by atoms with E-state index >= 15 is 0 Å². The van der Waals surface area contributed by atoms with Crippen LogP contribution in [0.25, 0.3) is 0 Å². The molecule has 0 aromatic carbocycles. The predicted molar refractivity (Wildman–Crippen MR) is 83.3 cm³/mol. The molecule has 2 unspecified atom stereocenters. The van der Waals surface area contributed by atoms with Crippen LogP contribution in [0.15, 0.2) is 4.99 Å². The lowest BCUT2D eigenvalue weighted by Gasteiger charge is -2.24. The van der Waals surface area contributed by atoms with Gasteiger partial charge < -0.3 is 11.1 Å². The molecule has 0 spiro atoms. The molecule has 5 heteroatoms. The van der Waals surface area contributed by atoms with Crippen molar-refractivity contribution in [3.8, 4) is 0 Å². The van der Waals surface area contributed by atoms with E-state index in [2.05, 4.69) is 10.3 Å². The summed E-state index contributed by atoms with van der Waals surface area (Å²) in [6.07, 6.45) is 11.4. The highest BCUT2D eigenvalue weighted by Gasteiger charge is 2.16. The lowest BCUT2D eigenvalue weighted by atomic mass is 9.97. The van der Waals surface area contributed by atoms with E-state index in [0.717, 1.165) is 18.3 Å². The first-order valence-corrected chi connectivity index (χ1v) is 6.90. The van der Waals surface area contributed by atoms with Gasteiger partial charge in [0.2, 0.25) is 0 Å². The van der Waals surface area contributed by atoms with E-state index in [1.807, 2.05) is 0 Å². The third-order valence-corrected chi connectivity index (χ3v) is 3.83. The highest BCUT2D eigenvalue weighted by Crippen LogP contribution is 2.19. The van der Waals surface area contributed by atoms with Crippen LogP contribution in [0.4, 0.5) is 0 Å². The molecule has 108 valence electrons. The summed E-state index contributed by atoms with van der Waals surface area (Å²) < 4.78 is 0. The van der Waals surface area contributed by atoms with Crippen LogP contribution in [0, 0.1) is 0 Å². The Morgan fingerprint density at radius 3 is 2.56 bits per heavy atom. The average Bonchev–Trinajstić information content (AvgIpc) is 2.52. The van der Waals surface area contributed by atoms with Crippen molar-refractivity contribution in [1.82, 2.24) is 5.32 Å². The van der Waals surface area contributed by atoms with Gasteiger partial charge >= 0.3 is 0 Å². The number of hydrogen-bond donors (Lipinski definition) is 2. The molecule has 1 fully saturated rings. The van der Waals surface area contributed by atoms with Crippen LogP contribution in [-0.2, 0) is 0 Å². The molecule has 1 saturated heterocycles. The maximum atomic E-state index is 5.87. The number of amidine groups is 1. The first-order chi connectivity index (χ1) is 7.84. The van der Waals surface area contributed by atoms with Gasteiger partial charge in [0.05, 0.1) is 11.9 Å². The van der Waals surface area contributed by atoms with Crippen LogP contribution < -0.4 is 11.1 Å². The molecule has 18 heavy (non-hydrogen) atoms. The Morgan fingerprint density at radius 2 is 1.83 bits per heavy atom. The zero-order valence-corrected chi connectivity index (χ0v) is 12.7. The number of halogens is 2. The van der Waals surface area contributed by atoms with Crippen molar-refractivity contribution in [2.45, 2.75) is 69.9 Å². The zero-order chi connectivity index (χ0) is 11.2. The second-order valence-corrected chi connectivity index (χ2v) is 5.24. The number of aliphatic imine (C=N–C) groups is 1. The minimum absolute atomic E-state index is 0. The highest BCUT2D eigenvalue weighted by molar-refractivity contribution is 5.85. The van der Waals surface area contributed by atoms with Gasteiger partial charge in [-0.1, -0.05) is 12.8 Å². The fraction of sp³-hybridized carbons (Fsp3) is 0.923. The first kappa shape index (κ1) is 18.0. The number of piperidine rings is 1. The minimum atomic E-state index is 0. The maximum Gasteiger partial charge on any atom is 0.0940 e. The van der Waals surface area contributed by atoms with Crippen molar-refractivity contribution in [3.05, 3.63) is 0 Å². The number of nitrogens with zero attached hydrogens (tertiary/aromatic N) is 1. The maximum absolute atomic E-state index is 5.87. The highest BCUT2D eigenvalue weighted by atomic mass is 35.5. The lowest BCUT2D eigenvalue weighted by Crippen LogP contribution is -2.34. The topological polar surface area (TPSA) is 50.4 Å². The quantitative estimate of drug-likeness (QED) is 0.841. The van der Waals surface area contributed by atoms with Crippen LogP contribution in [0.1, 0.15) is 57.8 Å². The molecule has 0 amide bonds. The second-order valence-electron chi connectivity index (χ2n) is 5.24. The van der Waals surface area contributed by atoms with Gasteiger partial charge in [-0.3, -0.25) is 4.99 Å². The summed E-state index contributed by atoms with van der Waals surface area (Å²) in [5.41, 5.74) is 5.87. The van der Waals surface area contributed by atoms with E-state index in [-0.39, 0.29) is 24.8 Å². The van der Waals surface area contributed by atoms with E-state index in [0.29, 0.717) is 6.04 Å². The van der Waals surface area contributed by atoms with Gasteiger partial charge in [0.1, 0.15) is 0 Å². The minimum Gasteiger partial charge on any atom is -0.387 e. The Kier molecular flexibility index (Phi) is 9.88. The SMILES string of the molecule is Cl.Cl.NC1=NC(CCC2CCCCN2)CCCC1. The van der Waals surface area contributed by atoms with Crippen molar-refractivity contribution in [2.24, 2.45) is 10.7 Å². The van der Waals surface area contributed by atoms with E-state index in [4.69, 9.17) is 5.73 Å². The van der Waals surface area contributed by atoms with Crippen molar-refractivity contribution in [1.29, 1.82) is 0 Å². The standard InChI is InChI=1S/C13H25N3.2ClH/c14-13-7-2-1-6-12(16-13)9-8-11-5-3-4-10-15-11;;/h11-12,15H,1-10H2,(H2,14,16);2*1H. The number of hydrogen-bond acceptors (Lipinski definition) is 3. The van der Waals surface area contributed by atoms with Crippen molar-refractivity contribution >= 4 is 30.6 Å². The van der Waals surface area contributed by atoms with Crippen molar-refractivity contribution in [3.63, 3.8) is 0 Å². The number of nitrogens with one attached hydrogen (secondary N) is 1. The molecule has 3 N–H and O–H groups in total. The second kappa shape index (κ2) is 9.88. The third kappa shape index (κ3) is 6.26. The summed E-state index contributed by atoms with van der Waals surface area (Å²) in [7, 11) is 0. The Hall–Kier alpha value is 0.01000. The molecule has 2 atom stereocenters. The monoisotopic (exact) mass is 295 g/mol. The van der Waals surface area contributed by atoms with Crippen molar-refractivity contribution in [2.75, 3.05) is 6.54 Å². The van der Waals surface area contributed by atoms with Gasteiger partial charge in [-0.05, 0) is 45.1 Å². The molecular formula is C13H27Cl2N3. The third-order valence-electron chi connectivity index (χ3n) is 3.83. The molecule has 0 radical (unpaired) electrons. The summed E-state index contributed by atoms with van der Waals surface area (Å²) in [4.78, 5) is 4.63. The summed E-state index contributed by atoms with van der Waals surface area (Å²) in [5, 5.41) is 3.61. The number of nitrogens with two attached hydrogens (primary N) is 1. The van der Waals surface area contributed by atoms with Gasteiger partial charge in [-0.25, -0.2) is 0 Å². The summed E-state index contributed by atoms with van der Waals surface area (Å²) in [6, 6.07) is 1.25. The average molecular weight is 296 g/mol. The van der Waals surface area contributed by atoms with Gasteiger partial charge in [0.15, 0.2) is 0 Å². The van der Waals surface area contributed by atoms with E-state index in [1.165, 1.54) is 57.9 Å². The molecule has 0 aromatic rings. The van der Waals surface area contributed by atoms with Gasteiger partial charge in [0, 0.05) is 12.5 Å². The zero-order valence-electron chi connectivity index (χ0n) is 11.1. The fourth-order valence-corrected chi connectivity index (χ4v) is 2.82. The van der Waals surface area contributed by atoms with E-state index in [9.17, 15) is 0 Å². The molecular weight excluding hydrogens is 269 g/mol. The predicted octanol–water partition coefficient (Wildman–Crippen LogP) is 3.05. The van der Waals surface area contributed by atoms with Crippen LogP contribution in [-0.4, -0.2) is 24.5 Å². The first-order valence-electron chi connectivity index (χ1n) is 6.90. The normalized spacial score (nSPS) is 28.3. The van der Waals surface area contributed by atoms with E-state index in [1.54, 1.807) is 0 Å². The Balaban J connectivity index is 0.00000144. The number of rotatable bonds is 3. The molecule has 0 aromatic heterocycles. The Bertz CT molecular complexity index is 240. The van der Waals surface area contributed by atoms with E-state index < -0.39 is 0 Å². The molecule has 0 saturated carbocycles. The summed E-state index contributed by atoms with van der Waals surface area (Å²) >= 11 is 0. The van der Waals surface area contributed by atoms with Gasteiger partial charge in [-0.2, -0.15) is 0 Å². The fourth-order valence-electron chi connectivity index (χ4n) is 2.82. The van der Waals surface area contributed by atoms with Crippen LogP contribution in [0.2, 0.25) is 0 Å². The van der Waals surface area contributed by atoms with Crippen molar-refractivity contribution < 1.29 is 0 Å². The van der Waals surface area contributed by atoms with Crippen LogP contribution >= 0.6 is 24.8 Å². The Labute approximate surface area is 123 Å². The molecule has 0 aliphatic carbocycles. The summed E-state index contributed by atoms with van der Waals surface area (Å²) in [6.45, 7) is 1.21. The van der Waals surface area contributed by atoms with Gasteiger partial charge in [0.25, 0.3) is 0 Å². The molecule has 3 nitrogen and oxygen atoms in total. The largest absolute Gasteiger partial charge is 0.387 e. The molecule has 2 rings (SSSR count). The molecule has 2 aliphatic rings. The summed E-state index contributed by atoms with van der Waals surface area (Å²) in [5.74, 6) is 0.888. The Morgan fingerprint density at radius 1 is 1.06 bits per heavy atom. The molecule has 2 aliphatic heterocycles. The molecule has 0 bridgehead atoms. The molecule has 2 heterocycles. The van der Waals surface area contributed by atoms with Gasteiger partial charge in [-0.15, -0.1) is 24.8 Å².